The summed E-state index contributed by atoms with van der Waals surface area (Å²) in [7, 11) is 2.55. The normalized spacial score (nSPS) is 13.2. The number of aliphatic carboxylic acids is 2. The molecule has 0 aliphatic rings. The lowest BCUT2D eigenvalue weighted by Gasteiger charge is -2.37. The predicted octanol–water partition coefficient (Wildman–Crippen LogP) is 12.5. The first-order valence-corrected chi connectivity index (χ1v) is 53.7. The maximum atomic E-state index is 12.2. The van der Waals surface area contributed by atoms with Crippen LogP contribution in [0.1, 0.15) is 294 Å². The minimum atomic E-state index is -4.15. The second-order valence-corrected chi connectivity index (χ2v) is 53.9. The van der Waals surface area contributed by atoms with Gasteiger partial charge >= 0.3 is 53.7 Å². The van der Waals surface area contributed by atoms with Gasteiger partial charge in [0.1, 0.15) is 85.6 Å². The molecule has 0 saturated carbocycles. The van der Waals surface area contributed by atoms with Crippen molar-refractivity contribution in [3.8, 4) is 0 Å². The van der Waals surface area contributed by atoms with Gasteiger partial charge in [-0.2, -0.15) is 0 Å². The van der Waals surface area contributed by atoms with E-state index in [1.165, 1.54) is 0 Å². The first kappa shape index (κ1) is 147. The summed E-state index contributed by atoms with van der Waals surface area (Å²) in [5, 5.41) is 22.0. The van der Waals surface area contributed by atoms with E-state index >= 15 is 0 Å². The molecule has 0 radical (unpaired) electrons. The lowest BCUT2D eigenvalue weighted by molar-refractivity contribution is -0.890. The summed E-state index contributed by atoms with van der Waals surface area (Å²) >= 11 is 0. The Balaban J connectivity index is -0.000000300. The molecule has 1 amide bonds. The fraction of sp³-hybridized carbons (Fsp3) is 0.891. The highest BCUT2D eigenvalue weighted by Gasteiger charge is 2.41. The van der Waals surface area contributed by atoms with Crippen molar-refractivity contribution in [2.45, 2.75) is 294 Å². The Morgan fingerprint density at radius 2 is 0.607 bits per heavy atom. The van der Waals surface area contributed by atoms with Crippen molar-refractivity contribution >= 4 is 96.0 Å². The van der Waals surface area contributed by atoms with Crippen LogP contribution in [0.4, 0.5) is 0 Å². The summed E-state index contributed by atoms with van der Waals surface area (Å²) in [6.45, 7) is 77.5. The largest absolute Gasteiger partial charge is 0.748 e. The highest BCUT2D eigenvalue weighted by atomic mass is 32.2. The quantitative estimate of drug-likeness (QED) is 0.0188. The molecule has 0 aromatic carbocycles. The van der Waals surface area contributed by atoms with Gasteiger partial charge in [-0.1, -0.05) is 194 Å². The minimum Gasteiger partial charge on any atom is -0.748 e. The van der Waals surface area contributed by atoms with Gasteiger partial charge in [0.2, 0.25) is 5.91 Å². The summed E-state index contributed by atoms with van der Waals surface area (Å²) in [6.07, 6.45) is 2.39. The van der Waals surface area contributed by atoms with Gasteiger partial charge in [0.25, 0.3) is 0 Å². The van der Waals surface area contributed by atoms with E-state index in [-0.39, 0.29) is 191 Å². The number of carboxylic acids is 2. The molecule has 0 aliphatic carbocycles. The van der Waals surface area contributed by atoms with Crippen molar-refractivity contribution in [3.63, 3.8) is 0 Å². The van der Waals surface area contributed by atoms with Gasteiger partial charge in [0, 0.05) is 68.0 Å². The molecule has 0 aromatic heterocycles. The van der Waals surface area contributed by atoms with Gasteiger partial charge < -0.3 is 89.8 Å². The molecular formula is C101H200N6O30S3. The molecule has 39 heteroatoms. The molecular weight excluding hydrogens is 1870 g/mol. The third-order valence-corrected chi connectivity index (χ3v) is 27.4. The number of ether oxygens (including phenoxy) is 8. The van der Waals surface area contributed by atoms with Crippen LogP contribution in [-0.2, 0) is 121 Å². The zero-order valence-electron chi connectivity index (χ0n) is 95.4. The zero-order valence-corrected chi connectivity index (χ0v) is 97.9. The van der Waals surface area contributed by atoms with Gasteiger partial charge in [-0.25, -0.2) is 25.3 Å². The molecule has 2 N–H and O–H groups in total. The van der Waals surface area contributed by atoms with Gasteiger partial charge in [0.05, 0.1) is 166 Å². The van der Waals surface area contributed by atoms with Crippen molar-refractivity contribution < 1.29 is 158 Å². The predicted molar refractivity (Wildman–Crippen MR) is 543 cm³/mol. The monoisotopic (exact) mass is 2070 g/mol. The standard InChI is InChI=1S/C23H43NO6.C17H33NO3.2C14H29NO5S.C13H27NO5S.C13H25NO4.C7H14O2/c1-18(2)15-19(25)28-12-9-24(10-13-29-20(26)16-22(3,4)5)11-14-30-21(27)17-23(6,7)8;1-12(2)16(6,7)14(20)21-11-10-18-13(19)17(8,9)15(3,4)5;1-12(14(2,3)4)13(16)20-10-9-15(5,6)8-7-11-21(17,18)19;1-12(2)14(3,4)13(16)20-10-9-15(5,6)8-7-11-21(17,18)19;1-13(2,3)11-12(15)19-9-8-14(4,5)7-6-10-20(16,17)18;1-10(2)13(3,4)12(17)18-8-7-14(5,6)9-11(15)16;1-5(2)7(3,4)6(8)9/h18H,9-17H2,1-8H3;12H,10-11H2,1-9H3,(H,18,19);2*12H,7-11H2,1-6H3;6-11H2,1-5H3;10H,7-9H2,1-6H3;5H,1-4H3,(H,8,9). The molecule has 0 bridgehead atoms. The van der Waals surface area contributed by atoms with Crippen LogP contribution >= 0.6 is 0 Å². The molecule has 0 spiro atoms. The van der Waals surface area contributed by atoms with Gasteiger partial charge in [0.15, 0.2) is 0 Å². The number of quaternary nitrogens is 4. The van der Waals surface area contributed by atoms with Crippen LogP contribution in [0.25, 0.3) is 0 Å². The third-order valence-electron chi connectivity index (χ3n) is 25.0. The Labute approximate surface area is 848 Å². The number of hydrogen-bond donors (Lipinski definition) is 2. The van der Waals surface area contributed by atoms with Crippen molar-refractivity contribution in [2.24, 2.45) is 89.7 Å². The maximum absolute atomic E-state index is 12.2. The number of rotatable bonds is 53. The summed E-state index contributed by atoms with van der Waals surface area (Å²) < 4.78 is 139. The smallest absolute Gasteiger partial charge is 0.311 e. The number of nitrogens with one attached hydrogen (secondary N) is 1. The SMILES string of the molecule is CC(C(=O)OCC[N+](C)(C)CCCS(=O)(=O)[O-])C(C)(C)C.CC(C)(C)CC(=O)OCC[N+](C)(C)CCCS(=O)(=O)[O-].CC(C)C(C)(C)C(=O)O.CC(C)C(C)(C)C(=O)OCCNC(=O)C(C)(C)C(C)(C)C.CC(C)C(C)(C)C(=O)OCC[N+](C)(C)CC(=O)[O-].CC(C)C(C)(C)C(=O)OCC[N+](C)(C)CCCS(=O)(=O)[O-].CC(C)CC(=O)OCCN(CCOC(=O)CC(C)(C)C)CCOC(=O)CC(C)(C)C. The topological polar surface area (TPSA) is 492 Å². The van der Waals surface area contributed by atoms with E-state index in [0.717, 1.165) is 0 Å². The van der Waals surface area contributed by atoms with Crippen molar-refractivity contribution in [1.29, 1.82) is 0 Å². The van der Waals surface area contributed by atoms with E-state index in [4.69, 9.17) is 43.0 Å². The minimum absolute atomic E-state index is 0.0193. The molecule has 0 aromatic rings. The summed E-state index contributed by atoms with van der Waals surface area (Å²) in [4.78, 5) is 130. The van der Waals surface area contributed by atoms with E-state index < -0.39 is 69.4 Å². The Kier molecular flexibility index (Phi) is 67.7. The van der Waals surface area contributed by atoms with Crippen LogP contribution in [-0.4, -0.2) is 337 Å². The highest BCUT2D eigenvalue weighted by Crippen LogP contribution is 2.38. The molecule has 832 valence electrons. The Hall–Kier alpha value is -6.30. The molecule has 0 saturated heterocycles. The van der Waals surface area contributed by atoms with Crippen molar-refractivity contribution in [3.05, 3.63) is 0 Å². The van der Waals surface area contributed by atoms with Crippen molar-refractivity contribution in [1.82, 2.24) is 10.2 Å². The second kappa shape index (κ2) is 64.6. The molecule has 0 fully saturated rings. The number of likely N-dealkylation sites (N-methyl/N-ethyl adjacent to an activating group) is 4. The highest BCUT2D eigenvalue weighted by molar-refractivity contribution is 7.86. The molecule has 1 atom stereocenters. The van der Waals surface area contributed by atoms with Crippen LogP contribution in [0.3, 0.4) is 0 Å². The number of esters is 8. The summed E-state index contributed by atoms with van der Waals surface area (Å²) in [6, 6.07) is 0. The van der Waals surface area contributed by atoms with Crippen LogP contribution in [0, 0.1) is 89.7 Å². The average molecular weight is 2070 g/mol. The third kappa shape index (κ3) is 80.0. The Morgan fingerprint density at radius 1 is 0.350 bits per heavy atom. The number of carbonyl (C=O) groups excluding carboxylic acids is 10. The lowest BCUT2D eigenvalue weighted by atomic mass is 9.69. The zero-order chi connectivity index (χ0) is 112. The number of carbonyl (C=O) groups is 11. The van der Waals surface area contributed by atoms with E-state index in [1.54, 1.807) is 27.9 Å². The first-order valence-electron chi connectivity index (χ1n) is 49.0. The molecule has 140 heavy (non-hydrogen) atoms. The van der Waals surface area contributed by atoms with Gasteiger partial charge in [-0.15, -0.1) is 0 Å². The van der Waals surface area contributed by atoms with Crippen LogP contribution in [0.15, 0.2) is 0 Å². The maximum Gasteiger partial charge on any atom is 0.311 e. The number of hydrogen-bond acceptors (Lipinski definition) is 30. The Morgan fingerprint density at radius 3 is 0.843 bits per heavy atom. The van der Waals surface area contributed by atoms with Crippen LogP contribution < -0.4 is 10.4 Å². The van der Waals surface area contributed by atoms with Crippen LogP contribution in [0.5, 0.6) is 0 Å². The molecule has 0 heterocycles. The van der Waals surface area contributed by atoms with E-state index in [2.05, 4.69) is 5.32 Å². The molecule has 36 nitrogen and oxygen atoms in total. The fourth-order valence-corrected chi connectivity index (χ4v) is 11.7. The molecule has 0 rings (SSSR count). The van der Waals surface area contributed by atoms with Crippen LogP contribution in [0.2, 0.25) is 0 Å². The van der Waals surface area contributed by atoms with E-state index in [1.807, 2.05) is 283 Å². The summed E-state index contributed by atoms with van der Waals surface area (Å²) in [5.41, 5.74) is -3.21. The Bertz CT molecular complexity index is 3990. The number of amides is 1. The average Bonchev–Trinajstić information content (AvgIpc) is 0.822. The lowest BCUT2D eigenvalue weighted by Crippen LogP contribution is -2.50. The van der Waals surface area contributed by atoms with E-state index in [0.29, 0.717) is 137 Å². The fourth-order valence-electron chi connectivity index (χ4n) is 10.2. The number of carboxylic acid groups (broad SMARTS) is 2. The molecule has 0 aliphatic heterocycles. The summed E-state index contributed by atoms with van der Waals surface area (Å²) in [5.74, 6) is -3.88. The second-order valence-electron chi connectivity index (χ2n) is 49.3. The van der Waals surface area contributed by atoms with Gasteiger partial charge in [-0.05, 0) is 112 Å². The van der Waals surface area contributed by atoms with E-state index in [9.17, 15) is 96.8 Å². The first-order chi connectivity index (χ1) is 62.1. The van der Waals surface area contributed by atoms with Gasteiger partial charge in [-0.3, -0.25) is 52.8 Å². The van der Waals surface area contributed by atoms with Crippen molar-refractivity contribution in [2.75, 3.05) is 205 Å². The molecule has 1 unspecified atom stereocenters. The number of nitrogens with zero attached hydrogens (tertiary/aromatic N) is 5.